The topological polar surface area (TPSA) is 75.4 Å². The fourth-order valence-electron chi connectivity index (χ4n) is 1.25. The first kappa shape index (κ1) is 18.6. The molecule has 0 aliphatic rings. The largest absolute Gasteiger partial charge is 0.359 e. The van der Waals surface area contributed by atoms with Crippen LogP contribution in [0.2, 0.25) is 0 Å². The minimum Gasteiger partial charge on any atom is -0.359 e. The summed E-state index contributed by atoms with van der Waals surface area (Å²) < 4.78 is 0. The lowest BCUT2D eigenvalue weighted by atomic mass is 10.0. The van der Waals surface area contributed by atoms with Crippen molar-refractivity contribution in [3.63, 3.8) is 0 Å². The summed E-state index contributed by atoms with van der Waals surface area (Å²) in [7, 11) is 3.32. The van der Waals surface area contributed by atoms with Crippen LogP contribution in [0.25, 0.3) is 0 Å². The fraction of sp³-hybridized carbons (Fsp3) is 0.818. The number of likely N-dealkylation sites (N-methyl/N-ethyl adjacent to an activating group) is 1. The molecular formula is C11H24ClN3O2. The van der Waals surface area contributed by atoms with Gasteiger partial charge >= 0.3 is 0 Å². The Hall–Kier alpha value is -0.810. The maximum Gasteiger partial charge on any atom is 0.239 e. The van der Waals surface area contributed by atoms with Crippen molar-refractivity contribution in [2.45, 2.75) is 32.7 Å². The molecule has 102 valence electrons. The van der Waals surface area contributed by atoms with Crippen LogP contribution in [0.5, 0.6) is 0 Å². The maximum atomic E-state index is 11.7. The SMILES string of the molecule is CNC(=O)CCCN(C)C(=O)[C@@H](N)C(C)C.Cl. The van der Waals surface area contributed by atoms with E-state index < -0.39 is 6.04 Å². The molecule has 0 rings (SSSR count). The van der Waals surface area contributed by atoms with Crippen molar-refractivity contribution in [2.75, 3.05) is 20.6 Å². The highest BCUT2D eigenvalue weighted by Crippen LogP contribution is 2.03. The second kappa shape index (κ2) is 9.24. The molecular weight excluding hydrogens is 242 g/mol. The second-order valence-electron chi connectivity index (χ2n) is 4.31. The molecule has 0 saturated carbocycles. The zero-order chi connectivity index (χ0) is 12.7. The van der Waals surface area contributed by atoms with Crippen molar-refractivity contribution in [1.82, 2.24) is 10.2 Å². The molecule has 0 radical (unpaired) electrons. The second-order valence-corrected chi connectivity index (χ2v) is 4.31. The molecule has 2 amide bonds. The van der Waals surface area contributed by atoms with Crippen molar-refractivity contribution in [3.8, 4) is 0 Å². The standard InChI is InChI=1S/C11H23N3O2.ClH/c1-8(2)10(12)11(16)14(4)7-5-6-9(15)13-3;/h8,10H,5-7,12H2,1-4H3,(H,13,15);1H/t10-;/m0./s1. The van der Waals surface area contributed by atoms with Crippen LogP contribution in [-0.2, 0) is 9.59 Å². The summed E-state index contributed by atoms with van der Waals surface area (Å²) in [6, 6.07) is -0.454. The van der Waals surface area contributed by atoms with E-state index in [1.165, 1.54) is 0 Å². The minimum atomic E-state index is -0.454. The normalized spacial score (nSPS) is 11.6. The number of amides is 2. The number of carbonyl (C=O) groups excluding carboxylic acids is 2. The Kier molecular flexibility index (Phi) is 10.1. The Balaban J connectivity index is 0. The Morgan fingerprint density at radius 2 is 1.88 bits per heavy atom. The Labute approximate surface area is 110 Å². The van der Waals surface area contributed by atoms with E-state index in [9.17, 15) is 9.59 Å². The van der Waals surface area contributed by atoms with Gasteiger partial charge in [-0.1, -0.05) is 13.8 Å². The highest BCUT2D eigenvalue weighted by molar-refractivity contribution is 5.85. The summed E-state index contributed by atoms with van der Waals surface area (Å²) in [6.45, 7) is 4.40. The van der Waals surface area contributed by atoms with E-state index in [0.717, 1.165) is 0 Å². The average molecular weight is 266 g/mol. The van der Waals surface area contributed by atoms with Gasteiger partial charge in [-0.3, -0.25) is 9.59 Å². The molecule has 0 bridgehead atoms. The van der Waals surface area contributed by atoms with E-state index in [-0.39, 0.29) is 30.1 Å². The van der Waals surface area contributed by atoms with Crippen molar-refractivity contribution in [3.05, 3.63) is 0 Å². The van der Waals surface area contributed by atoms with Crippen molar-refractivity contribution in [1.29, 1.82) is 0 Å². The third-order valence-corrected chi connectivity index (χ3v) is 2.56. The van der Waals surface area contributed by atoms with Gasteiger partial charge in [0.1, 0.15) is 0 Å². The van der Waals surface area contributed by atoms with Gasteiger partial charge in [-0.15, -0.1) is 12.4 Å². The van der Waals surface area contributed by atoms with Gasteiger partial charge in [-0.2, -0.15) is 0 Å². The van der Waals surface area contributed by atoms with E-state index in [2.05, 4.69) is 5.32 Å². The van der Waals surface area contributed by atoms with Gasteiger partial charge < -0.3 is 16.0 Å². The summed E-state index contributed by atoms with van der Waals surface area (Å²) in [6.07, 6.45) is 1.10. The highest BCUT2D eigenvalue weighted by atomic mass is 35.5. The number of carbonyl (C=O) groups is 2. The van der Waals surface area contributed by atoms with Crippen LogP contribution in [0.1, 0.15) is 26.7 Å². The molecule has 0 unspecified atom stereocenters. The van der Waals surface area contributed by atoms with Crippen LogP contribution in [0.4, 0.5) is 0 Å². The molecule has 6 heteroatoms. The fourth-order valence-corrected chi connectivity index (χ4v) is 1.25. The molecule has 17 heavy (non-hydrogen) atoms. The lowest BCUT2D eigenvalue weighted by Crippen LogP contribution is -2.45. The third-order valence-electron chi connectivity index (χ3n) is 2.56. The smallest absolute Gasteiger partial charge is 0.239 e. The predicted molar refractivity (Wildman–Crippen MR) is 71.0 cm³/mol. The van der Waals surface area contributed by atoms with E-state index in [4.69, 9.17) is 5.73 Å². The van der Waals surface area contributed by atoms with Gasteiger partial charge in [0.2, 0.25) is 11.8 Å². The zero-order valence-corrected chi connectivity index (χ0v) is 11.8. The van der Waals surface area contributed by atoms with E-state index in [1.54, 1.807) is 19.0 Å². The lowest BCUT2D eigenvalue weighted by molar-refractivity contribution is -0.132. The first-order valence-electron chi connectivity index (χ1n) is 5.61. The van der Waals surface area contributed by atoms with Gasteiger partial charge in [0.25, 0.3) is 0 Å². The van der Waals surface area contributed by atoms with Crippen LogP contribution in [-0.4, -0.2) is 43.4 Å². The van der Waals surface area contributed by atoms with Crippen LogP contribution < -0.4 is 11.1 Å². The molecule has 0 aliphatic carbocycles. The minimum absolute atomic E-state index is 0. The Morgan fingerprint density at radius 1 is 1.35 bits per heavy atom. The van der Waals surface area contributed by atoms with Crippen molar-refractivity contribution >= 4 is 24.2 Å². The lowest BCUT2D eigenvalue weighted by Gasteiger charge is -2.23. The van der Waals surface area contributed by atoms with E-state index in [0.29, 0.717) is 19.4 Å². The molecule has 0 saturated heterocycles. The molecule has 1 atom stereocenters. The average Bonchev–Trinajstić information content (AvgIpc) is 2.26. The molecule has 0 aromatic heterocycles. The highest BCUT2D eigenvalue weighted by Gasteiger charge is 2.20. The monoisotopic (exact) mass is 265 g/mol. The van der Waals surface area contributed by atoms with E-state index >= 15 is 0 Å². The number of hydrogen-bond acceptors (Lipinski definition) is 3. The van der Waals surface area contributed by atoms with Gasteiger partial charge in [0.15, 0.2) is 0 Å². The van der Waals surface area contributed by atoms with Crippen molar-refractivity contribution < 1.29 is 9.59 Å². The number of halogens is 1. The molecule has 0 aromatic rings. The van der Waals surface area contributed by atoms with Crippen LogP contribution >= 0.6 is 12.4 Å². The van der Waals surface area contributed by atoms with Gasteiger partial charge in [0, 0.05) is 27.1 Å². The summed E-state index contributed by atoms with van der Waals surface area (Å²) >= 11 is 0. The summed E-state index contributed by atoms with van der Waals surface area (Å²) in [5.74, 6) is 0.0646. The number of hydrogen-bond donors (Lipinski definition) is 2. The number of rotatable bonds is 6. The molecule has 0 spiro atoms. The first-order chi connectivity index (χ1) is 7.40. The molecule has 3 N–H and O–H groups in total. The third kappa shape index (κ3) is 7.18. The number of nitrogens with zero attached hydrogens (tertiary/aromatic N) is 1. The molecule has 0 aliphatic heterocycles. The van der Waals surface area contributed by atoms with Gasteiger partial charge in [-0.05, 0) is 12.3 Å². The predicted octanol–water partition coefficient (Wildman–Crippen LogP) is 0.376. The number of nitrogens with two attached hydrogens (primary N) is 1. The quantitative estimate of drug-likeness (QED) is 0.729. The Bertz CT molecular complexity index is 247. The molecule has 0 heterocycles. The molecule has 5 nitrogen and oxygen atoms in total. The van der Waals surface area contributed by atoms with Crippen LogP contribution in [0.15, 0.2) is 0 Å². The maximum absolute atomic E-state index is 11.7. The summed E-state index contributed by atoms with van der Waals surface area (Å²) in [5, 5.41) is 2.54. The number of nitrogens with one attached hydrogen (secondary N) is 1. The van der Waals surface area contributed by atoms with E-state index in [1.807, 2.05) is 13.8 Å². The van der Waals surface area contributed by atoms with Gasteiger partial charge in [0.05, 0.1) is 6.04 Å². The first-order valence-corrected chi connectivity index (χ1v) is 5.61. The molecule has 0 fully saturated rings. The summed E-state index contributed by atoms with van der Waals surface area (Å²) in [4.78, 5) is 24.3. The Morgan fingerprint density at radius 3 is 2.29 bits per heavy atom. The van der Waals surface area contributed by atoms with Gasteiger partial charge in [-0.25, -0.2) is 0 Å². The van der Waals surface area contributed by atoms with Crippen LogP contribution in [0, 0.1) is 5.92 Å². The van der Waals surface area contributed by atoms with Crippen LogP contribution in [0.3, 0.4) is 0 Å². The molecule has 0 aromatic carbocycles. The van der Waals surface area contributed by atoms with Crippen molar-refractivity contribution in [2.24, 2.45) is 11.7 Å². The zero-order valence-electron chi connectivity index (χ0n) is 11.0. The summed E-state index contributed by atoms with van der Waals surface area (Å²) in [5.41, 5.74) is 5.75.